The number of carboxylic acid groups (broad SMARTS) is 1. The van der Waals surface area contributed by atoms with Gasteiger partial charge in [0.25, 0.3) is 0 Å². The SMILES string of the molecule is O=C(O)C(CC(=O)N1CCOCC1)Cc1cccc2ccccc12. The molecule has 1 aliphatic rings. The van der Waals surface area contributed by atoms with Gasteiger partial charge in [-0.2, -0.15) is 0 Å². The van der Waals surface area contributed by atoms with Crippen LogP contribution in [0.15, 0.2) is 42.5 Å². The fourth-order valence-electron chi connectivity index (χ4n) is 3.14. The van der Waals surface area contributed by atoms with Crippen LogP contribution in [0, 0.1) is 5.92 Å². The lowest BCUT2D eigenvalue weighted by Crippen LogP contribution is -2.42. The number of fused-ring (bicyclic) bond motifs is 1. The first kappa shape index (κ1) is 16.5. The van der Waals surface area contributed by atoms with Gasteiger partial charge < -0.3 is 14.7 Å². The van der Waals surface area contributed by atoms with Crippen LogP contribution in [0.5, 0.6) is 0 Å². The summed E-state index contributed by atoms with van der Waals surface area (Å²) >= 11 is 0. The van der Waals surface area contributed by atoms with Gasteiger partial charge in [-0.05, 0) is 22.8 Å². The first-order valence-corrected chi connectivity index (χ1v) is 8.20. The van der Waals surface area contributed by atoms with Crippen molar-refractivity contribution in [2.24, 2.45) is 5.92 Å². The fraction of sp³-hybridized carbons (Fsp3) is 0.368. The van der Waals surface area contributed by atoms with Crippen molar-refractivity contribution < 1.29 is 19.4 Å². The van der Waals surface area contributed by atoms with Crippen molar-refractivity contribution in [2.45, 2.75) is 12.8 Å². The number of morpholine rings is 1. The largest absolute Gasteiger partial charge is 0.481 e. The first-order chi connectivity index (χ1) is 11.6. The molecule has 5 heteroatoms. The van der Waals surface area contributed by atoms with E-state index in [-0.39, 0.29) is 12.3 Å². The van der Waals surface area contributed by atoms with Gasteiger partial charge in [0, 0.05) is 19.5 Å². The number of carbonyl (C=O) groups excluding carboxylic acids is 1. The number of benzene rings is 2. The Balaban J connectivity index is 1.76. The molecule has 1 heterocycles. The van der Waals surface area contributed by atoms with Gasteiger partial charge in [0.1, 0.15) is 0 Å². The Morgan fingerprint density at radius 2 is 1.79 bits per heavy atom. The number of hydrogen-bond donors (Lipinski definition) is 1. The van der Waals surface area contributed by atoms with Crippen LogP contribution in [-0.4, -0.2) is 48.2 Å². The highest BCUT2D eigenvalue weighted by Gasteiger charge is 2.26. The van der Waals surface area contributed by atoms with E-state index in [1.807, 2.05) is 42.5 Å². The lowest BCUT2D eigenvalue weighted by molar-refractivity contribution is -0.147. The number of hydrogen-bond acceptors (Lipinski definition) is 3. The summed E-state index contributed by atoms with van der Waals surface area (Å²) in [6.07, 6.45) is 0.380. The Bertz CT molecular complexity index is 732. The zero-order valence-corrected chi connectivity index (χ0v) is 13.5. The van der Waals surface area contributed by atoms with Crippen LogP contribution in [0.1, 0.15) is 12.0 Å². The molecular weight excluding hydrogens is 306 g/mol. The number of nitrogens with zero attached hydrogens (tertiary/aromatic N) is 1. The standard InChI is InChI=1S/C19H21NO4/c21-18(20-8-10-24-11-9-20)13-16(19(22)23)12-15-6-3-5-14-4-1-2-7-17(14)15/h1-7,16H,8-13H2,(H,22,23). The van der Waals surface area contributed by atoms with E-state index < -0.39 is 11.9 Å². The summed E-state index contributed by atoms with van der Waals surface area (Å²) in [7, 11) is 0. The van der Waals surface area contributed by atoms with Crippen molar-refractivity contribution in [3.05, 3.63) is 48.0 Å². The normalized spacial score (nSPS) is 16.1. The Morgan fingerprint density at radius 1 is 1.08 bits per heavy atom. The number of carbonyl (C=O) groups is 2. The molecule has 0 bridgehead atoms. The summed E-state index contributed by atoms with van der Waals surface area (Å²) in [6.45, 7) is 2.12. The van der Waals surface area contributed by atoms with E-state index >= 15 is 0 Å². The van der Waals surface area contributed by atoms with Crippen LogP contribution in [0.2, 0.25) is 0 Å². The van der Waals surface area contributed by atoms with E-state index in [9.17, 15) is 14.7 Å². The molecule has 1 fully saturated rings. The molecular formula is C19H21NO4. The minimum Gasteiger partial charge on any atom is -0.481 e. The lowest BCUT2D eigenvalue weighted by atomic mass is 9.92. The van der Waals surface area contributed by atoms with E-state index in [2.05, 4.69) is 0 Å². The summed E-state index contributed by atoms with van der Waals surface area (Å²) in [5.41, 5.74) is 0.968. The Labute approximate surface area is 140 Å². The zero-order valence-electron chi connectivity index (χ0n) is 13.5. The minimum absolute atomic E-state index is 0.0263. The minimum atomic E-state index is -0.926. The van der Waals surface area contributed by atoms with Crippen LogP contribution in [0.25, 0.3) is 10.8 Å². The third kappa shape index (κ3) is 3.74. The molecule has 1 aliphatic heterocycles. The molecule has 1 unspecified atom stereocenters. The maximum absolute atomic E-state index is 12.4. The van der Waals surface area contributed by atoms with Crippen LogP contribution >= 0.6 is 0 Å². The number of amides is 1. The Hall–Kier alpha value is -2.40. The molecule has 2 aromatic rings. The average Bonchev–Trinajstić information content (AvgIpc) is 2.62. The summed E-state index contributed by atoms with van der Waals surface area (Å²) in [4.78, 5) is 25.7. The second kappa shape index (κ2) is 7.45. The van der Waals surface area contributed by atoms with Gasteiger partial charge in [0.2, 0.25) is 5.91 Å². The van der Waals surface area contributed by atoms with E-state index in [4.69, 9.17) is 4.74 Å². The number of ether oxygens (including phenoxy) is 1. The summed E-state index contributed by atoms with van der Waals surface area (Å²) in [5.74, 6) is -1.75. The average molecular weight is 327 g/mol. The molecule has 24 heavy (non-hydrogen) atoms. The van der Waals surface area contributed by atoms with Gasteiger partial charge in [0.05, 0.1) is 19.1 Å². The molecule has 3 rings (SSSR count). The number of rotatable bonds is 5. The molecule has 0 saturated carbocycles. The molecule has 1 amide bonds. The van der Waals surface area contributed by atoms with E-state index in [0.29, 0.717) is 32.7 Å². The van der Waals surface area contributed by atoms with Crippen LogP contribution in [-0.2, 0) is 20.7 Å². The highest BCUT2D eigenvalue weighted by molar-refractivity contribution is 5.87. The Morgan fingerprint density at radius 3 is 2.54 bits per heavy atom. The van der Waals surface area contributed by atoms with Gasteiger partial charge in [-0.25, -0.2) is 0 Å². The summed E-state index contributed by atoms with van der Waals surface area (Å²) < 4.78 is 5.24. The van der Waals surface area contributed by atoms with Gasteiger partial charge >= 0.3 is 5.97 Å². The maximum atomic E-state index is 12.4. The van der Waals surface area contributed by atoms with Gasteiger partial charge in [-0.3, -0.25) is 9.59 Å². The van der Waals surface area contributed by atoms with Crippen molar-refractivity contribution in [3.8, 4) is 0 Å². The lowest BCUT2D eigenvalue weighted by Gasteiger charge is -2.28. The van der Waals surface area contributed by atoms with Crippen molar-refractivity contribution >= 4 is 22.6 Å². The molecule has 1 atom stereocenters. The topological polar surface area (TPSA) is 66.8 Å². The van der Waals surface area contributed by atoms with E-state index in [1.165, 1.54) is 0 Å². The van der Waals surface area contributed by atoms with Gasteiger partial charge in [0.15, 0.2) is 0 Å². The highest BCUT2D eigenvalue weighted by atomic mass is 16.5. The molecule has 0 aromatic heterocycles. The Kier molecular flexibility index (Phi) is 5.11. The molecule has 0 aliphatic carbocycles. The molecule has 126 valence electrons. The predicted molar refractivity (Wildman–Crippen MR) is 90.8 cm³/mol. The maximum Gasteiger partial charge on any atom is 0.307 e. The molecule has 0 radical (unpaired) electrons. The van der Waals surface area contributed by atoms with Crippen molar-refractivity contribution in [1.29, 1.82) is 0 Å². The van der Waals surface area contributed by atoms with Gasteiger partial charge in [-0.15, -0.1) is 0 Å². The van der Waals surface area contributed by atoms with E-state index in [0.717, 1.165) is 16.3 Å². The molecule has 0 spiro atoms. The third-order valence-electron chi connectivity index (χ3n) is 4.48. The molecule has 1 saturated heterocycles. The van der Waals surface area contributed by atoms with Crippen molar-refractivity contribution in [2.75, 3.05) is 26.3 Å². The fourth-order valence-corrected chi connectivity index (χ4v) is 3.14. The quantitative estimate of drug-likeness (QED) is 0.915. The van der Waals surface area contributed by atoms with Crippen molar-refractivity contribution in [1.82, 2.24) is 4.90 Å². The van der Waals surface area contributed by atoms with Gasteiger partial charge in [-0.1, -0.05) is 42.5 Å². The van der Waals surface area contributed by atoms with Crippen LogP contribution in [0.3, 0.4) is 0 Å². The van der Waals surface area contributed by atoms with Crippen LogP contribution in [0.4, 0.5) is 0 Å². The number of carboxylic acids is 1. The summed E-state index contributed by atoms with van der Waals surface area (Å²) in [5, 5.41) is 11.7. The summed E-state index contributed by atoms with van der Waals surface area (Å²) in [6, 6.07) is 13.8. The molecule has 5 nitrogen and oxygen atoms in total. The predicted octanol–water partition coefficient (Wildman–Crippen LogP) is 2.33. The number of aliphatic carboxylic acids is 1. The monoisotopic (exact) mass is 327 g/mol. The second-order valence-electron chi connectivity index (χ2n) is 6.07. The highest BCUT2D eigenvalue weighted by Crippen LogP contribution is 2.23. The smallest absolute Gasteiger partial charge is 0.307 e. The van der Waals surface area contributed by atoms with Crippen LogP contribution < -0.4 is 0 Å². The van der Waals surface area contributed by atoms with Crippen molar-refractivity contribution in [3.63, 3.8) is 0 Å². The van der Waals surface area contributed by atoms with E-state index in [1.54, 1.807) is 4.90 Å². The molecule has 1 N–H and O–H groups in total. The third-order valence-corrected chi connectivity index (χ3v) is 4.48. The molecule has 2 aromatic carbocycles. The second-order valence-corrected chi connectivity index (χ2v) is 6.07. The zero-order chi connectivity index (χ0) is 16.9. The first-order valence-electron chi connectivity index (χ1n) is 8.20.